The van der Waals surface area contributed by atoms with Crippen molar-refractivity contribution in [2.24, 2.45) is 0 Å². The number of hydrogen-bond donors (Lipinski definition) is 0. The molecule has 0 amide bonds. The molecular formula is C33H18N4S. The van der Waals surface area contributed by atoms with Crippen molar-refractivity contribution in [2.45, 2.75) is 0 Å². The minimum Gasteiger partial charge on any atom is -0.309 e. The van der Waals surface area contributed by atoms with E-state index in [0.717, 1.165) is 59.4 Å². The lowest BCUT2D eigenvalue weighted by Crippen LogP contribution is -1.96. The Balaban J connectivity index is 1.54. The van der Waals surface area contributed by atoms with Crippen LogP contribution in [0.25, 0.3) is 59.4 Å². The quantitative estimate of drug-likeness (QED) is 0.243. The zero-order valence-electron chi connectivity index (χ0n) is 20.1. The number of nitrogens with zero attached hydrogens (tertiary/aromatic N) is 4. The number of fused-ring (bicyclic) bond motifs is 4. The summed E-state index contributed by atoms with van der Waals surface area (Å²) in [5.74, 6) is 0. The molecule has 0 saturated heterocycles. The Morgan fingerprint density at radius 3 is 2.13 bits per heavy atom. The van der Waals surface area contributed by atoms with Crippen molar-refractivity contribution in [3.8, 4) is 39.5 Å². The molecule has 0 bridgehead atoms. The number of hydrogen-bond acceptors (Lipinski definition) is 4. The maximum Gasteiger partial charge on any atom is 0.124 e. The van der Waals surface area contributed by atoms with Crippen LogP contribution in [0.4, 0.5) is 0 Å². The van der Waals surface area contributed by atoms with Gasteiger partial charge in [-0.15, -0.1) is 11.3 Å². The fraction of sp³-hybridized carbons (Fsp3) is 0. The molecule has 5 heteroatoms. The van der Waals surface area contributed by atoms with Crippen molar-refractivity contribution in [3.63, 3.8) is 0 Å². The number of thiazole rings is 1. The first-order valence-corrected chi connectivity index (χ1v) is 13.0. The minimum atomic E-state index is 0.621. The lowest BCUT2D eigenvalue weighted by Gasteiger charge is -2.13. The molecule has 0 unspecified atom stereocenters. The van der Waals surface area contributed by atoms with Crippen LogP contribution in [0, 0.1) is 22.7 Å². The smallest absolute Gasteiger partial charge is 0.124 e. The molecule has 0 spiro atoms. The number of aromatic nitrogens is 2. The average Bonchev–Trinajstić information content (AvgIpc) is 3.56. The SMILES string of the molecule is N#Cc1ccc(-c2cc(-c3nc4ccccc4s3)cc(-n3c4ccccc4c4ccc(C#N)cc43)c2)cc1. The monoisotopic (exact) mass is 502 g/mol. The summed E-state index contributed by atoms with van der Waals surface area (Å²) in [4.78, 5) is 4.94. The van der Waals surface area contributed by atoms with E-state index >= 15 is 0 Å². The predicted octanol–water partition coefficient (Wildman–Crippen LogP) is 8.47. The van der Waals surface area contributed by atoms with Gasteiger partial charge in [0.15, 0.2) is 0 Å². The lowest BCUT2D eigenvalue weighted by atomic mass is 10.0. The Morgan fingerprint density at radius 1 is 0.605 bits per heavy atom. The Kier molecular flexibility index (Phi) is 5.04. The highest BCUT2D eigenvalue weighted by Gasteiger charge is 2.16. The van der Waals surface area contributed by atoms with Crippen LogP contribution in [0.15, 0.2) is 109 Å². The van der Waals surface area contributed by atoms with Gasteiger partial charge in [0.2, 0.25) is 0 Å². The molecule has 0 N–H and O–H groups in total. The third-order valence-electron chi connectivity index (χ3n) is 6.87. The molecule has 0 saturated carbocycles. The van der Waals surface area contributed by atoms with Gasteiger partial charge in [-0.25, -0.2) is 4.98 Å². The molecule has 0 aliphatic rings. The molecule has 4 nitrogen and oxygen atoms in total. The molecule has 2 aromatic heterocycles. The third-order valence-corrected chi connectivity index (χ3v) is 7.95. The molecule has 38 heavy (non-hydrogen) atoms. The Labute approximate surface area is 222 Å². The van der Waals surface area contributed by atoms with Crippen LogP contribution >= 0.6 is 11.3 Å². The first kappa shape index (κ1) is 22.0. The van der Waals surface area contributed by atoms with Crippen LogP contribution in [0.3, 0.4) is 0 Å². The van der Waals surface area contributed by atoms with E-state index in [4.69, 9.17) is 4.98 Å². The van der Waals surface area contributed by atoms with Crippen molar-refractivity contribution in [1.82, 2.24) is 9.55 Å². The molecule has 7 rings (SSSR count). The Hall–Kier alpha value is -5.23. The van der Waals surface area contributed by atoms with Crippen LogP contribution < -0.4 is 0 Å². The number of rotatable bonds is 3. The molecule has 0 atom stereocenters. The van der Waals surface area contributed by atoms with Gasteiger partial charge < -0.3 is 4.57 Å². The predicted molar refractivity (Wildman–Crippen MR) is 154 cm³/mol. The molecule has 0 aliphatic heterocycles. The van der Waals surface area contributed by atoms with E-state index in [1.54, 1.807) is 11.3 Å². The zero-order valence-corrected chi connectivity index (χ0v) is 20.9. The molecule has 0 fully saturated rings. The van der Waals surface area contributed by atoms with Gasteiger partial charge in [0.05, 0.1) is 44.5 Å². The van der Waals surface area contributed by atoms with Crippen molar-refractivity contribution >= 4 is 43.4 Å². The second-order valence-corrected chi connectivity index (χ2v) is 10.2. The Morgan fingerprint density at radius 2 is 1.32 bits per heavy atom. The fourth-order valence-corrected chi connectivity index (χ4v) is 6.03. The average molecular weight is 503 g/mol. The molecule has 7 aromatic rings. The van der Waals surface area contributed by atoms with Gasteiger partial charge in [0.25, 0.3) is 0 Å². The fourth-order valence-electron chi connectivity index (χ4n) is 5.08. The maximum absolute atomic E-state index is 9.64. The van der Waals surface area contributed by atoms with Crippen molar-refractivity contribution in [1.29, 1.82) is 10.5 Å². The van der Waals surface area contributed by atoms with Crippen molar-refractivity contribution in [3.05, 3.63) is 120 Å². The van der Waals surface area contributed by atoms with Gasteiger partial charge >= 0.3 is 0 Å². The second kappa shape index (κ2) is 8.71. The summed E-state index contributed by atoms with van der Waals surface area (Å²) in [6.45, 7) is 0. The highest BCUT2D eigenvalue weighted by Crippen LogP contribution is 2.38. The molecule has 0 radical (unpaired) electrons. The standard InChI is InChI=1S/C33H18N4S/c34-19-21-9-12-23(13-10-21)24-16-25(33-36-29-6-2-4-8-32(29)38-33)18-26(17-24)37-30-7-3-1-5-27(30)28-14-11-22(20-35)15-31(28)37/h1-18H. The van der Waals surface area contributed by atoms with Crippen LogP contribution in [0.5, 0.6) is 0 Å². The third kappa shape index (κ3) is 3.54. The largest absolute Gasteiger partial charge is 0.309 e. The molecular weight excluding hydrogens is 484 g/mol. The summed E-state index contributed by atoms with van der Waals surface area (Å²) in [5, 5.41) is 22.1. The van der Waals surface area contributed by atoms with E-state index in [0.29, 0.717) is 11.1 Å². The molecule has 176 valence electrons. The van der Waals surface area contributed by atoms with E-state index in [1.807, 2.05) is 72.8 Å². The highest BCUT2D eigenvalue weighted by molar-refractivity contribution is 7.21. The van der Waals surface area contributed by atoms with Crippen LogP contribution in [0.1, 0.15) is 11.1 Å². The van der Waals surface area contributed by atoms with Crippen molar-refractivity contribution in [2.75, 3.05) is 0 Å². The van der Waals surface area contributed by atoms with Gasteiger partial charge in [0.1, 0.15) is 5.01 Å². The number of benzene rings is 5. The highest BCUT2D eigenvalue weighted by atomic mass is 32.1. The van der Waals surface area contributed by atoms with E-state index in [-0.39, 0.29) is 0 Å². The van der Waals surface area contributed by atoms with Gasteiger partial charge in [-0.05, 0) is 71.8 Å². The van der Waals surface area contributed by atoms with E-state index < -0.39 is 0 Å². The minimum absolute atomic E-state index is 0.621. The summed E-state index contributed by atoms with van der Waals surface area (Å²) in [6, 6.07) is 41.0. The zero-order chi connectivity index (χ0) is 25.6. The van der Waals surface area contributed by atoms with Crippen LogP contribution in [-0.2, 0) is 0 Å². The first-order chi connectivity index (χ1) is 18.7. The maximum atomic E-state index is 9.64. The second-order valence-electron chi connectivity index (χ2n) is 9.14. The first-order valence-electron chi connectivity index (χ1n) is 12.2. The van der Waals surface area contributed by atoms with Gasteiger partial charge in [-0.2, -0.15) is 10.5 Å². The summed E-state index contributed by atoms with van der Waals surface area (Å²) in [5.41, 5.74) is 8.35. The van der Waals surface area contributed by atoms with Crippen LogP contribution in [-0.4, -0.2) is 9.55 Å². The number of para-hydroxylation sites is 2. The Bertz CT molecular complexity index is 2070. The summed E-state index contributed by atoms with van der Waals surface area (Å²) >= 11 is 1.67. The van der Waals surface area contributed by atoms with Gasteiger partial charge in [-0.3, -0.25) is 0 Å². The van der Waals surface area contributed by atoms with Crippen molar-refractivity contribution < 1.29 is 0 Å². The van der Waals surface area contributed by atoms with E-state index in [9.17, 15) is 10.5 Å². The van der Waals surface area contributed by atoms with Gasteiger partial charge in [-0.1, -0.05) is 48.5 Å². The van der Waals surface area contributed by atoms with E-state index in [1.165, 1.54) is 0 Å². The molecule has 2 heterocycles. The van der Waals surface area contributed by atoms with Crippen LogP contribution in [0.2, 0.25) is 0 Å². The number of nitriles is 2. The van der Waals surface area contributed by atoms with Gasteiger partial charge in [0, 0.05) is 22.0 Å². The molecule has 0 aliphatic carbocycles. The normalized spacial score (nSPS) is 11.1. The summed E-state index contributed by atoms with van der Waals surface area (Å²) < 4.78 is 3.37. The molecule has 5 aromatic carbocycles. The summed E-state index contributed by atoms with van der Waals surface area (Å²) in [7, 11) is 0. The topological polar surface area (TPSA) is 65.4 Å². The summed E-state index contributed by atoms with van der Waals surface area (Å²) in [6.07, 6.45) is 0. The van der Waals surface area contributed by atoms with E-state index in [2.05, 4.69) is 53.1 Å². The lowest BCUT2D eigenvalue weighted by molar-refractivity contribution is 1.18.